The van der Waals surface area contributed by atoms with E-state index < -0.39 is 6.03 Å². The third kappa shape index (κ3) is 4.41. The van der Waals surface area contributed by atoms with Gasteiger partial charge < -0.3 is 11.1 Å². The van der Waals surface area contributed by atoms with Crippen LogP contribution in [-0.2, 0) is 6.54 Å². The fraction of sp³-hybridized carbons (Fsp3) is 0.0714. The van der Waals surface area contributed by atoms with Crippen LogP contribution in [0.25, 0.3) is 0 Å². The van der Waals surface area contributed by atoms with Crippen LogP contribution in [0.4, 0.5) is 10.5 Å². The number of carbonyl (C=O) groups is 1. The molecule has 2 aromatic rings. The van der Waals surface area contributed by atoms with Crippen molar-refractivity contribution in [1.29, 1.82) is 0 Å². The van der Waals surface area contributed by atoms with Crippen LogP contribution < -0.4 is 16.4 Å². The van der Waals surface area contributed by atoms with Crippen molar-refractivity contribution in [1.82, 2.24) is 15.6 Å². The largest absolute Gasteiger partial charge is 0.369 e. The fourth-order valence-corrected chi connectivity index (χ4v) is 1.53. The summed E-state index contributed by atoms with van der Waals surface area (Å²) in [6.07, 6.45) is 3.19. The van der Waals surface area contributed by atoms with Crippen LogP contribution in [0, 0.1) is 0 Å². The van der Waals surface area contributed by atoms with Gasteiger partial charge >= 0.3 is 6.03 Å². The van der Waals surface area contributed by atoms with Crippen LogP contribution in [0.5, 0.6) is 0 Å². The Kier molecular flexibility index (Phi) is 4.66. The molecule has 20 heavy (non-hydrogen) atoms. The van der Waals surface area contributed by atoms with E-state index in [1.165, 1.54) is 0 Å². The van der Waals surface area contributed by atoms with E-state index in [9.17, 15) is 4.79 Å². The number of nitrogens with one attached hydrogen (secondary N) is 2. The minimum absolute atomic E-state index is 0.0172. The highest BCUT2D eigenvalue weighted by atomic mass is 16.2. The number of hydrogen-bond donors (Lipinski definition) is 3. The molecule has 0 bridgehead atoms. The molecule has 0 saturated carbocycles. The molecule has 0 fully saturated rings. The molecule has 6 nitrogen and oxygen atoms in total. The third-order valence-corrected chi connectivity index (χ3v) is 2.43. The molecule has 1 aromatic heterocycles. The summed E-state index contributed by atoms with van der Waals surface area (Å²) in [6.45, 7) is 0.423. The fourth-order valence-electron chi connectivity index (χ4n) is 1.53. The van der Waals surface area contributed by atoms with Crippen LogP contribution in [-0.4, -0.2) is 17.0 Å². The van der Waals surface area contributed by atoms with Crippen molar-refractivity contribution in [3.8, 4) is 0 Å². The van der Waals surface area contributed by atoms with E-state index in [0.29, 0.717) is 12.2 Å². The van der Waals surface area contributed by atoms with E-state index in [2.05, 4.69) is 20.6 Å². The molecule has 0 spiro atoms. The van der Waals surface area contributed by atoms with E-state index in [0.717, 1.165) is 5.56 Å². The van der Waals surface area contributed by atoms with E-state index in [1.807, 2.05) is 30.3 Å². The number of pyridine rings is 1. The number of nitrogens with two attached hydrogens (primary N) is 1. The number of amides is 2. The number of hydrogen-bond acceptors (Lipinski definition) is 3. The molecule has 6 heteroatoms. The molecule has 4 N–H and O–H groups in total. The molecule has 0 aliphatic carbocycles. The average molecular weight is 269 g/mol. The number of aliphatic imine (C=N–C) groups is 1. The second-order valence-corrected chi connectivity index (χ2v) is 4.00. The Balaban J connectivity index is 1.84. The van der Waals surface area contributed by atoms with Crippen molar-refractivity contribution in [2.24, 2.45) is 10.7 Å². The normalized spacial score (nSPS) is 10.9. The standard InChI is InChI=1S/C14H15N5O/c15-13(18-12-7-4-8-16-10-12)19-14(20)17-9-11-5-2-1-3-6-11/h1-8,10H,9H2,(H4,15,17,18,19,20). The lowest BCUT2D eigenvalue weighted by Crippen LogP contribution is -2.42. The Labute approximate surface area is 116 Å². The Hall–Kier alpha value is -2.89. The summed E-state index contributed by atoms with van der Waals surface area (Å²) >= 11 is 0. The van der Waals surface area contributed by atoms with Gasteiger partial charge in [0.15, 0.2) is 0 Å². The zero-order chi connectivity index (χ0) is 14.2. The van der Waals surface area contributed by atoms with Crippen molar-refractivity contribution in [3.63, 3.8) is 0 Å². The van der Waals surface area contributed by atoms with E-state index >= 15 is 0 Å². The summed E-state index contributed by atoms with van der Waals surface area (Å²) in [5.74, 6) is 0.0172. The van der Waals surface area contributed by atoms with Crippen molar-refractivity contribution in [2.75, 3.05) is 0 Å². The molecular weight excluding hydrogens is 254 g/mol. The third-order valence-electron chi connectivity index (χ3n) is 2.43. The van der Waals surface area contributed by atoms with Crippen LogP contribution >= 0.6 is 0 Å². The topological polar surface area (TPSA) is 92.4 Å². The van der Waals surface area contributed by atoms with Crippen LogP contribution in [0.3, 0.4) is 0 Å². The van der Waals surface area contributed by atoms with Gasteiger partial charge in [0.2, 0.25) is 5.96 Å². The first-order valence-corrected chi connectivity index (χ1v) is 6.07. The highest BCUT2D eigenvalue weighted by Gasteiger charge is 2.02. The maximum Gasteiger partial charge on any atom is 0.321 e. The zero-order valence-corrected chi connectivity index (χ0v) is 10.8. The van der Waals surface area contributed by atoms with Gasteiger partial charge in [-0.2, -0.15) is 0 Å². The number of carbonyl (C=O) groups excluding carboxylic acids is 1. The molecule has 0 atom stereocenters. The second kappa shape index (κ2) is 6.89. The predicted molar refractivity (Wildman–Crippen MR) is 77.3 cm³/mol. The maximum atomic E-state index is 11.6. The molecule has 102 valence electrons. The van der Waals surface area contributed by atoms with Gasteiger partial charge in [-0.25, -0.2) is 9.79 Å². The second-order valence-electron chi connectivity index (χ2n) is 4.00. The minimum Gasteiger partial charge on any atom is -0.369 e. The van der Waals surface area contributed by atoms with Gasteiger partial charge in [0.05, 0.1) is 11.9 Å². The van der Waals surface area contributed by atoms with Gasteiger partial charge in [-0.15, -0.1) is 0 Å². The van der Waals surface area contributed by atoms with Crippen molar-refractivity contribution >= 4 is 17.7 Å². The Morgan fingerprint density at radius 3 is 2.70 bits per heavy atom. The number of aromatic nitrogens is 1. The predicted octanol–water partition coefficient (Wildman–Crippen LogP) is 1.53. The number of rotatable bonds is 3. The molecular formula is C14H15N5O. The number of urea groups is 1. The Morgan fingerprint density at radius 2 is 2.00 bits per heavy atom. The molecule has 2 rings (SSSR count). The minimum atomic E-state index is -0.404. The van der Waals surface area contributed by atoms with Gasteiger partial charge in [0.1, 0.15) is 0 Å². The van der Waals surface area contributed by atoms with E-state index in [1.54, 1.807) is 24.5 Å². The van der Waals surface area contributed by atoms with Gasteiger partial charge in [-0.3, -0.25) is 10.3 Å². The summed E-state index contributed by atoms with van der Waals surface area (Å²) in [6, 6.07) is 12.7. The Bertz CT molecular complexity index is 583. The number of guanidine groups is 1. The van der Waals surface area contributed by atoms with Gasteiger partial charge in [0.25, 0.3) is 0 Å². The summed E-state index contributed by atoms with van der Waals surface area (Å²) in [4.78, 5) is 19.5. The maximum absolute atomic E-state index is 11.6. The molecule has 0 aliphatic heterocycles. The van der Waals surface area contributed by atoms with Crippen molar-refractivity contribution in [3.05, 3.63) is 60.4 Å². The zero-order valence-electron chi connectivity index (χ0n) is 10.8. The molecule has 1 heterocycles. The first-order valence-electron chi connectivity index (χ1n) is 6.07. The lowest BCUT2D eigenvalue weighted by atomic mass is 10.2. The average Bonchev–Trinajstić information content (AvgIpc) is 2.47. The smallest absolute Gasteiger partial charge is 0.321 e. The van der Waals surface area contributed by atoms with Gasteiger partial charge in [0, 0.05) is 12.7 Å². The first kappa shape index (κ1) is 13.5. The first-order chi connectivity index (χ1) is 9.74. The van der Waals surface area contributed by atoms with E-state index in [4.69, 9.17) is 5.73 Å². The van der Waals surface area contributed by atoms with E-state index in [-0.39, 0.29) is 5.96 Å². The summed E-state index contributed by atoms with van der Waals surface area (Å²) < 4.78 is 0. The molecule has 2 amide bonds. The van der Waals surface area contributed by atoms with Crippen molar-refractivity contribution < 1.29 is 4.79 Å². The monoisotopic (exact) mass is 269 g/mol. The molecule has 0 radical (unpaired) electrons. The molecule has 0 aliphatic rings. The van der Waals surface area contributed by atoms with Gasteiger partial charge in [-0.05, 0) is 17.7 Å². The number of nitrogens with zero attached hydrogens (tertiary/aromatic N) is 2. The van der Waals surface area contributed by atoms with Crippen molar-refractivity contribution in [2.45, 2.75) is 6.54 Å². The summed E-state index contributed by atoms with van der Waals surface area (Å²) in [7, 11) is 0. The summed E-state index contributed by atoms with van der Waals surface area (Å²) in [5, 5.41) is 5.14. The summed E-state index contributed by atoms with van der Waals surface area (Å²) in [5.41, 5.74) is 7.21. The van der Waals surface area contributed by atoms with Crippen LogP contribution in [0.1, 0.15) is 5.56 Å². The van der Waals surface area contributed by atoms with Gasteiger partial charge in [-0.1, -0.05) is 30.3 Å². The highest BCUT2D eigenvalue weighted by molar-refractivity contribution is 5.96. The molecule has 1 aromatic carbocycles. The quantitative estimate of drug-likeness (QED) is 0.582. The lowest BCUT2D eigenvalue weighted by Gasteiger charge is -2.06. The van der Waals surface area contributed by atoms with Crippen LogP contribution in [0.2, 0.25) is 0 Å². The molecule has 0 unspecified atom stereocenters. The number of benzene rings is 1. The Morgan fingerprint density at radius 1 is 1.20 bits per heavy atom. The van der Waals surface area contributed by atoms with Crippen LogP contribution in [0.15, 0.2) is 59.9 Å². The molecule has 0 saturated heterocycles. The SMILES string of the molecule is NC(=Nc1cccnc1)NC(=O)NCc1ccccc1. The highest BCUT2D eigenvalue weighted by Crippen LogP contribution is 2.06. The lowest BCUT2D eigenvalue weighted by molar-refractivity contribution is 0.245.